The second kappa shape index (κ2) is 7.77. The van der Waals surface area contributed by atoms with Crippen molar-refractivity contribution in [1.82, 2.24) is 4.72 Å². The van der Waals surface area contributed by atoms with Crippen LogP contribution in [0.4, 0.5) is 5.69 Å². The summed E-state index contributed by atoms with van der Waals surface area (Å²) in [5.41, 5.74) is 0.591. The van der Waals surface area contributed by atoms with Crippen LogP contribution in [0.1, 0.15) is 33.6 Å². The summed E-state index contributed by atoms with van der Waals surface area (Å²) < 4.78 is 26.8. The number of sulfonamides is 1. The number of aliphatic hydroxyl groups is 1. The van der Waals surface area contributed by atoms with Gasteiger partial charge in [0, 0.05) is 19.7 Å². The number of rotatable bonds is 9. The van der Waals surface area contributed by atoms with Crippen LogP contribution in [0.2, 0.25) is 0 Å². The minimum atomic E-state index is -3.48. The molecule has 0 aliphatic heterocycles. The topological polar surface area (TPSA) is 78.4 Å². The van der Waals surface area contributed by atoms with E-state index in [0.29, 0.717) is 18.8 Å². The molecule has 120 valence electrons. The Morgan fingerprint density at radius 1 is 1.24 bits per heavy atom. The van der Waals surface area contributed by atoms with E-state index in [2.05, 4.69) is 23.9 Å². The maximum Gasteiger partial charge on any atom is 0.242 e. The molecule has 0 atom stereocenters. The van der Waals surface area contributed by atoms with Crippen LogP contribution in [0.15, 0.2) is 29.2 Å². The molecule has 0 radical (unpaired) electrons. The molecule has 0 aromatic heterocycles. The van der Waals surface area contributed by atoms with Crippen molar-refractivity contribution < 1.29 is 13.5 Å². The first kappa shape index (κ1) is 17.9. The molecule has 6 heteroatoms. The lowest BCUT2D eigenvalue weighted by molar-refractivity contribution is 0.248. The van der Waals surface area contributed by atoms with Gasteiger partial charge in [-0.15, -0.1) is 0 Å². The van der Waals surface area contributed by atoms with Crippen LogP contribution in [0.3, 0.4) is 0 Å². The van der Waals surface area contributed by atoms with Crippen LogP contribution < -0.4 is 10.0 Å². The van der Waals surface area contributed by atoms with Gasteiger partial charge in [-0.1, -0.05) is 32.9 Å². The summed E-state index contributed by atoms with van der Waals surface area (Å²) in [4.78, 5) is 0.268. The molecule has 21 heavy (non-hydrogen) atoms. The SMILES string of the molecule is CCNS(=O)(=O)c1ccccc1NCC(C)(C)CCCO. The summed E-state index contributed by atoms with van der Waals surface area (Å²) in [5, 5.41) is 12.1. The summed E-state index contributed by atoms with van der Waals surface area (Å²) in [6.45, 7) is 7.12. The molecule has 0 fully saturated rings. The number of hydrogen-bond acceptors (Lipinski definition) is 4. The molecule has 0 aliphatic carbocycles. The van der Waals surface area contributed by atoms with Gasteiger partial charge in [-0.3, -0.25) is 0 Å². The zero-order valence-corrected chi connectivity index (χ0v) is 13.8. The second-order valence-corrected chi connectivity index (χ2v) is 7.58. The predicted octanol–water partition coefficient (Wildman–Crippen LogP) is 2.20. The first-order valence-electron chi connectivity index (χ1n) is 7.26. The van der Waals surface area contributed by atoms with Crippen molar-refractivity contribution >= 4 is 15.7 Å². The molecule has 5 nitrogen and oxygen atoms in total. The fraction of sp³-hybridized carbons (Fsp3) is 0.600. The maximum atomic E-state index is 12.2. The van der Waals surface area contributed by atoms with Gasteiger partial charge in [0.25, 0.3) is 0 Å². The lowest BCUT2D eigenvalue weighted by Crippen LogP contribution is -2.27. The van der Waals surface area contributed by atoms with Crippen molar-refractivity contribution in [1.29, 1.82) is 0 Å². The summed E-state index contributed by atoms with van der Waals surface area (Å²) in [5.74, 6) is 0. The van der Waals surface area contributed by atoms with Gasteiger partial charge in [-0.25, -0.2) is 13.1 Å². The number of nitrogens with one attached hydrogen (secondary N) is 2. The van der Waals surface area contributed by atoms with Gasteiger partial charge >= 0.3 is 0 Å². The standard InChI is InChI=1S/C15H26N2O3S/c1-4-17-21(19,20)14-9-6-5-8-13(14)16-12-15(2,3)10-7-11-18/h5-6,8-9,16-18H,4,7,10-12H2,1-3H3. The summed E-state index contributed by atoms with van der Waals surface area (Å²) in [6, 6.07) is 6.90. The molecule has 0 spiro atoms. The Labute approximate surface area is 127 Å². The minimum absolute atomic E-state index is 0.0161. The molecule has 1 aromatic carbocycles. The highest BCUT2D eigenvalue weighted by molar-refractivity contribution is 7.89. The van der Waals surface area contributed by atoms with E-state index in [1.807, 2.05) is 6.07 Å². The fourth-order valence-corrected chi connectivity index (χ4v) is 3.32. The number of para-hydroxylation sites is 1. The largest absolute Gasteiger partial charge is 0.396 e. The Bertz CT molecular complexity index is 542. The van der Waals surface area contributed by atoms with Gasteiger partial charge in [0.1, 0.15) is 4.90 Å². The van der Waals surface area contributed by atoms with E-state index in [1.54, 1.807) is 25.1 Å². The smallest absolute Gasteiger partial charge is 0.242 e. The van der Waals surface area contributed by atoms with E-state index in [1.165, 1.54) is 0 Å². The molecule has 0 aliphatic rings. The zero-order chi connectivity index (χ0) is 15.9. The average Bonchev–Trinajstić information content (AvgIpc) is 2.43. The van der Waals surface area contributed by atoms with Crippen molar-refractivity contribution in [3.05, 3.63) is 24.3 Å². The van der Waals surface area contributed by atoms with E-state index in [0.717, 1.165) is 12.8 Å². The van der Waals surface area contributed by atoms with Crippen molar-refractivity contribution in [2.75, 3.05) is 25.0 Å². The van der Waals surface area contributed by atoms with Crippen molar-refractivity contribution in [2.24, 2.45) is 5.41 Å². The molecule has 0 heterocycles. The first-order valence-corrected chi connectivity index (χ1v) is 8.74. The molecule has 0 amide bonds. The van der Waals surface area contributed by atoms with Crippen LogP contribution in [-0.2, 0) is 10.0 Å². The lowest BCUT2D eigenvalue weighted by Gasteiger charge is -2.26. The summed E-state index contributed by atoms with van der Waals surface area (Å²) in [6.07, 6.45) is 1.62. The minimum Gasteiger partial charge on any atom is -0.396 e. The predicted molar refractivity (Wildman–Crippen MR) is 85.9 cm³/mol. The van der Waals surface area contributed by atoms with E-state index >= 15 is 0 Å². The van der Waals surface area contributed by atoms with Crippen molar-refractivity contribution in [2.45, 2.75) is 38.5 Å². The number of hydrogen-bond donors (Lipinski definition) is 3. The Kier molecular flexibility index (Phi) is 6.64. The fourth-order valence-electron chi connectivity index (χ4n) is 2.10. The molecular formula is C15H26N2O3S. The number of benzene rings is 1. The van der Waals surface area contributed by atoms with Crippen LogP contribution in [-0.4, -0.2) is 33.2 Å². The Morgan fingerprint density at radius 3 is 2.52 bits per heavy atom. The quantitative estimate of drug-likeness (QED) is 0.653. The van der Waals surface area contributed by atoms with E-state index < -0.39 is 10.0 Å². The summed E-state index contributed by atoms with van der Waals surface area (Å²) in [7, 11) is -3.48. The van der Waals surface area contributed by atoms with Gasteiger partial charge in [0.05, 0.1) is 5.69 Å². The van der Waals surface area contributed by atoms with Crippen LogP contribution in [0, 0.1) is 5.41 Å². The van der Waals surface area contributed by atoms with E-state index in [9.17, 15) is 8.42 Å². The Morgan fingerprint density at radius 2 is 1.90 bits per heavy atom. The monoisotopic (exact) mass is 314 g/mol. The molecule has 1 rings (SSSR count). The number of anilines is 1. The zero-order valence-electron chi connectivity index (χ0n) is 13.0. The molecule has 0 saturated carbocycles. The van der Waals surface area contributed by atoms with Gasteiger partial charge in [-0.2, -0.15) is 0 Å². The molecular weight excluding hydrogens is 288 g/mol. The van der Waals surface area contributed by atoms with Crippen molar-refractivity contribution in [3.8, 4) is 0 Å². The highest BCUT2D eigenvalue weighted by atomic mass is 32.2. The van der Waals surface area contributed by atoms with E-state index in [-0.39, 0.29) is 16.9 Å². The number of aliphatic hydroxyl groups excluding tert-OH is 1. The lowest BCUT2D eigenvalue weighted by atomic mass is 9.88. The molecule has 0 saturated heterocycles. The van der Waals surface area contributed by atoms with Gasteiger partial charge in [0.2, 0.25) is 10.0 Å². The first-order chi connectivity index (χ1) is 9.82. The third-order valence-corrected chi connectivity index (χ3v) is 4.88. The van der Waals surface area contributed by atoms with Gasteiger partial charge < -0.3 is 10.4 Å². The van der Waals surface area contributed by atoms with Crippen molar-refractivity contribution in [3.63, 3.8) is 0 Å². The molecule has 1 aromatic rings. The normalized spacial score (nSPS) is 12.4. The van der Waals surface area contributed by atoms with E-state index in [4.69, 9.17) is 5.11 Å². The molecule has 0 bridgehead atoms. The van der Waals surface area contributed by atoms with Gasteiger partial charge in [-0.05, 0) is 30.4 Å². The third kappa shape index (κ3) is 5.65. The molecule has 0 unspecified atom stereocenters. The molecule has 3 N–H and O–H groups in total. The Hall–Kier alpha value is -1.11. The van der Waals surface area contributed by atoms with Crippen LogP contribution in [0.25, 0.3) is 0 Å². The van der Waals surface area contributed by atoms with Gasteiger partial charge in [0.15, 0.2) is 0 Å². The third-order valence-electron chi connectivity index (χ3n) is 3.28. The highest BCUT2D eigenvalue weighted by Gasteiger charge is 2.20. The average molecular weight is 314 g/mol. The van der Waals surface area contributed by atoms with Crippen LogP contribution in [0.5, 0.6) is 0 Å². The second-order valence-electron chi connectivity index (χ2n) is 5.84. The highest BCUT2D eigenvalue weighted by Crippen LogP contribution is 2.26. The summed E-state index contributed by atoms with van der Waals surface area (Å²) >= 11 is 0. The Balaban J connectivity index is 2.86. The maximum absolute atomic E-state index is 12.2. The van der Waals surface area contributed by atoms with Crippen LogP contribution >= 0.6 is 0 Å².